The summed E-state index contributed by atoms with van der Waals surface area (Å²) in [5.41, 5.74) is 0. The van der Waals surface area contributed by atoms with Crippen LogP contribution < -0.4 is 0 Å². The van der Waals surface area contributed by atoms with E-state index in [1.54, 1.807) is 0 Å². The molecule has 372 valence electrons. The largest absolute Gasteiger partial charge is 0.472 e. The second kappa shape index (κ2) is 36.1. The van der Waals surface area contributed by atoms with Gasteiger partial charge in [0.05, 0.1) is 18.8 Å². The highest BCUT2D eigenvalue weighted by molar-refractivity contribution is 7.47. The Morgan fingerprint density at radius 3 is 1.59 bits per heavy atom. The highest BCUT2D eigenvalue weighted by Gasteiger charge is 2.51. The van der Waals surface area contributed by atoms with Gasteiger partial charge in [0.15, 0.2) is 6.10 Å². The number of phosphoric ester groups is 1. The van der Waals surface area contributed by atoms with E-state index in [4.69, 9.17) is 23.3 Å². The van der Waals surface area contributed by atoms with E-state index in [1.807, 2.05) is 0 Å². The third-order valence-electron chi connectivity index (χ3n) is 11.9. The summed E-state index contributed by atoms with van der Waals surface area (Å²) in [6, 6.07) is 0. The molecule has 0 aromatic heterocycles. The Labute approximate surface area is 384 Å². The van der Waals surface area contributed by atoms with Crippen molar-refractivity contribution in [2.75, 3.05) is 13.2 Å². The Morgan fingerprint density at radius 2 is 1.03 bits per heavy atom. The van der Waals surface area contributed by atoms with Crippen LogP contribution in [0.15, 0.2) is 36.5 Å². The lowest BCUT2D eigenvalue weighted by molar-refractivity contribution is -0.220. The molecule has 1 heterocycles. The fourth-order valence-corrected chi connectivity index (χ4v) is 8.71. The van der Waals surface area contributed by atoms with Crippen molar-refractivity contribution in [3.8, 4) is 0 Å². The van der Waals surface area contributed by atoms with E-state index >= 15 is 0 Å². The zero-order chi connectivity index (χ0) is 46.8. The number of allylic oxidation sites excluding steroid dienone is 5. The van der Waals surface area contributed by atoms with E-state index in [0.29, 0.717) is 25.0 Å². The first-order chi connectivity index (χ1) is 30.9. The second-order valence-electron chi connectivity index (χ2n) is 17.7. The predicted octanol–water partition coefficient (Wildman–Crippen LogP) is 9.16. The molecule has 0 spiro atoms. The molecule has 14 nitrogen and oxygen atoms in total. The average molecular weight is 931 g/mol. The van der Waals surface area contributed by atoms with Crippen molar-refractivity contribution in [1.29, 1.82) is 0 Å². The Kier molecular flexibility index (Phi) is 32.8. The van der Waals surface area contributed by atoms with Crippen LogP contribution in [0.3, 0.4) is 0 Å². The number of carbonyl (C=O) groups is 2. The maximum Gasteiger partial charge on any atom is 0.472 e. The standard InChI is InChI=1S/C49H87O14P/c1-3-5-7-8-9-10-11-12-13-14-15-16-17-18-19-20-25-28-32-36-43(51)61-39(38-60-64(57,58)63-49-47(55)45(53)44(52)46(54)48(49)56)37-59-42(50)35-31-27-24-22-21-23-26-30-34-41-40(62-41)33-29-6-4-2/h9-10,12-13,26,30,39-41,44-49,52-56H,3-8,11,14-25,27-29,31-38H2,1-2H3,(H,57,58)/b10-9-,13-12-,30-26-/t39-,40?,41?,44?,45-,46+,47-,48-,49?/m1/s1. The SMILES string of the molecule is CCCCC/C=C\C/C=C\CCCCCCCCCCCC(=O)O[C@H](COC(=O)CCCCCCC/C=C\CC1OC1CCCCC)COP(=O)(O)OC1[C@H](O)[C@H](O)C(O)[C@H](O)[C@H]1O. The Balaban J connectivity index is 1.67. The smallest absolute Gasteiger partial charge is 0.462 e. The normalized spacial score (nSPS) is 25.0. The Morgan fingerprint density at radius 1 is 0.562 bits per heavy atom. The first-order valence-electron chi connectivity index (χ1n) is 24.9. The summed E-state index contributed by atoms with van der Waals surface area (Å²) in [7, 11) is -5.13. The van der Waals surface area contributed by atoms with Crippen LogP contribution in [-0.4, -0.2) is 111 Å². The van der Waals surface area contributed by atoms with Crippen LogP contribution in [0, 0.1) is 0 Å². The number of unbranched alkanes of at least 4 members (excludes halogenated alkanes) is 19. The van der Waals surface area contributed by atoms with Crippen molar-refractivity contribution in [1.82, 2.24) is 0 Å². The van der Waals surface area contributed by atoms with Crippen LogP contribution in [-0.2, 0) is 37.4 Å². The summed E-state index contributed by atoms with van der Waals surface area (Å²) in [6.07, 6.45) is 29.3. The maximum atomic E-state index is 12.8. The number of aliphatic hydroxyl groups is 5. The van der Waals surface area contributed by atoms with E-state index in [2.05, 4.69) is 50.3 Å². The molecule has 6 N–H and O–H groups in total. The molecule has 2 aliphatic rings. The van der Waals surface area contributed by atoms with Crippen molar-refractivity contribution in [3.63, 3.8) is 0 Å². The van der Waals surface area contributed by atoms with Gasteiger partial charge in [0.25, 0.3) is 0 Å². The molecule has 0 aromatic carbocycles. The Hall–Kier alpha value is -1.97. The van der Waals surface area contributed by atoms with Gasteiger partial charge in [-0.2, -0.15) is 0 Å². The summed E-state index contributed by atoms with van der Waals surface area (Å²) in [5, 5.41) is 50.2. The van der Waals surface area contributed by atoms with Gasteiger partial charge in [-0.1, -0.05) is 147 Å². The van der Waals surface area contributed by atoms with Crippen LogP contribution in [0.4, 0.5) is 0 Å². The van der Waals surface area contributed by atoms with Gasteiger partial charge in [-0.05, 0) is 70.6 Å². The van der Waals surface area contributed by atoms with E-state index in [1.165, 1.54) is 70.6 Å². The van der Waals surface area contributed by atoms with Gasteiger partial charge in [-0.3, -0.25) is 18.6 Å². The van der Waals surface area contributed by atoms with E-state index in [0.717, 1.165) is 83.5 Å². The molecule has 1 aliphatic carbocycles. The van der Waals surface area contributed by atoms with E-state index in [9.17, 15) is 44.6 Å². The van der Waals surface area contributed by atoms with Crippen molar-refractivity contribution in [2.24, 2.45) is 0 Å². The summed E-state index contributed by atoms with van der Waals surface area (Å²) in [6.45, 7) is 3.24. The minimum atomic E-state index is -5.13. The molecule has 1 saturated heterocycles. The van der Waals surface area contributed by atoms with Gasteiger partial charge in [-0.25, -0.2) is 4.57 Å². The van der Waals surface area contributed by atoms with Gasteiger partial charge in [0.1, 0.15) is 43.2 Å². The lowest BCUT2D eigenvalue weighted by Crippen LogP contribution is -2.64. The van der Waals surface area contributed by atoms with E-state index in [-0.39, 0.29) is 12.8 Å². The topological polar surface area (TPSA) is 222 Å². The lowest BCUT2D eigenvalue weighted by Gasteiger charge is -2.41. The molecule has 5 unspecified atom stereocenters. The van der Waals surface area contributed by atoms with Gasteiger partial charge in [-0.15, -0.1) is 0 Å². The van der Waals surface area contributed by atoms with Gasteiger partial charge in [0.2, 0.25) is 0 Å². The van der Waals surface area contributed by atoms with Crippen LogP contribution in [0.2, 0.25) is 0 Å². The average Bonchev–Trinajstić information content (AvgIpc) is 4.03. The third-order valence-corrected chi connectivity index (χ3v) is 12.9. The number of rotatable bonds is 40. The fourth-order valence-electron chi connectivity index (χ4n) is 7.74. The predicted molar refractivity (Wildman–Crippen MR) is 248 cm³/mol. The molecular weight excluding hydrogens is 843 g/mol. The highest BCUT2D eigenvalue weighted by atomic mass is 31.2. The number of phosphoric acid groups is 1. The molecule has 2 rings (SSSR count). The van der Waals surface area contributed by atoms with Crippen LogP contribution in [0.1, 0.15) is 194 Å². The summed E-state index contributed by atoms with van der Waals surface area (Å²) in [5.74, 6) is -1.12. The van der Waals surface area contributed by atoms with Gasteiger partial charge < -0.3 is 44.6 Å². The van der Waals surface area contributed by atoms with Gasteiger partial charge in [0, 0.05) is 12.8 Å². The summed E-state index contributed by atoms with van der Waals surface area (Å²) >= 11 is 0. The van der Waals surface area contributed by atoms with Gasteiger partial charge >= 0.3 is 19.8 Å². The molecule has 1 saturated carbocycles. The van der Waals surface area contributed by atoms with Crippen molar-refractivity contribution >= 4 is 19.8 Å². The summed E-state index contributed by atoms with van der Waals surface area (Å²) < 4.78 is 39.3. The van der Waals surface area contributed by atoms with Crippen LogP contribution in [0.5, 0.6) is 0 Å². The molecule has 0 radical (unpaired) electrons. The number of aliphatic hydroxyl groups excluding tert-OH is 5. The maximum absolute atomic E-state index is 12.8. The molecule has 0 bridgehead atoms. The zero-order valence-corrected chi connectivity index (χ0v) is 40.2. The second-order valence-corrected chi connectivity index (χ2v) is 19.1. The Bertz CT molecular complexity index is 1330. The molecule has 64 heavy (non-hydrogen) atoms. The molecule has 1 aliphatic heterocycles. The lowest BCUT2D eigenvalue weighted by atomic mass is 9.85. The third kappa shape index (κ3) is 27.6. The molecule has 0 amide bonds. The minimum Gasteiger partial charge on any atom is -0.462 e. The highest BCUT2D eigenvalue weighted by Crippen LogP contribution is 2.47. The number of epoxide rings is 1. The van der Waals surface area contributed by atoms with Crippen LogP contribution in [0.25, 0.3) is 0 Å². The quantitative estimate of drug-likeness (QED) is 0.0111. The summed E-state index contributed by atoms with van der Waals surface area (Å²) in [4.78, 5) is 35.8. The first kappa shape index (κ1) is 58.2. The minimum absolute atomic E-state index is 0.0861. The van der Waals surface area contributed by atoms with Crippen molar-refractivity contribution in [3.05, 3.63) is 36.5 Å². The van der Waals surface area contributed by atoms with Crippen molar-refractivity contribution in [2.45, 2.75) is 249 Å². The van der Waals surface area contributed by atoms with E-state index < -0.39 is 75.7 Å². The number of carbonyl (C=O) groups excluding carboxylic acids is 2. The number of hydrogen-bond acceptors (Lipinski definition) is 13. The molecule has 0 aromatic rings. The molecule has 2 fully saturated rings. The van der Waals surface area contributed by atoms with Crippen LogP contribution >= 0.6 is 7.82 Å². The molecule has 15 heteroatoms. The number of esters is 2. The fraction of sp³-hybridized carbons (Fsp3) is 0.837. The van der Waals surface area contributed by atoms with Crippen molar-refractivity contribution < 1.29 is 67.8 Å². The zero-order valence-electron chi connectivity index (χ0n) is 39.3. The molecular formula is C49H87O14P. The number of hydrogen-bond donors (Lipinski definition) is 6. The molecule has 10 atom stereocenters. The number of ether oxygens (including phenoxy) is 3. The first-order valence-corrected chi connectivity index (χ1v) is 26.4. The monoisotopic (exact) mass is 931 g/mol.